The van der Waals surface area contributed by atoms with Crippen molar-refractivity contribution in [2.45, 2.75) is 19.4 Å². The maximum absolute atomic E-state index is 11.8. The molecule has 0 fully saturated rings. The van der Waals surface area contributed by atoms with Gasteiger partial charge in [-0.1, -0.05) is 0 Å². The van der Waals surface area contributed by atoms with E-state index in [1.807, 2.05) is 0 Å². The second-order valence-electron chi connectivity index (χ2n) is 3.64. The Balaban J connectivity index is 2.75. The number of hydrogen-bond donors (Lipinski definition) is 3. The number of hydrogen-bond acceptors (Lipinski definition) is 4. The number of amides is 2. The molecule has 1 unspecified atom stereocenters. The van der Waals surface area contributed by atoms with Gasteiger partial charge in [-0.2, -0.15) is 0 Å². The lowest BCUT2D eigenvalue weighted by Crippen LogP contribution is -2.43. The molecule has 3 N–H and O–H groups in total. The van der Waals surface area contributed by atoms with Crippen molar-refractivity contribution >= 4 is 17.8 Å². The third kappa shape index (κ3) is 3.34. The number of carboxylic acids is 1. The zero-order chi connectivity index (χ0) is 13.7. The number of aliphatic carboxylic acids is 1. The average molecular weight is 254 g/mol. The van der Waals surface area contributed by atoms with E-state index in [1.54, 1.807) is 0 Å². The molecular weight excluding hydrogens is 240 g/mol. The average Bonchev–Trinajstić information content (AvgIpc) is 2.74. The third-order valence-electron chi connectivity index (χ3n) is 2.29. The highest BCUT2D eigenvalue weighted by molar-refractivity contribution is 5.98. The van der Waals surface area contributed by atoms with Crippen LogP contribution in [0, 0.1) is 0 Å². The van der Waals surface area contributed by atoms with Gasteiger partial charge in [0.05, 0.1) is 11.8 Å². The van der Waals surface area contributed by atoms with Gasteiger partial charge in [-0.05, 0) is 13.0 Å². The van der Waals surface area contributed by atoms with Crippen LogP contribution >= 0.6 is 0 Å². The number of furan rings is 1. The summed E-state index contributed by atoms with van der Waals surface area (Å²) in [5, 5.41) is 13.5. The van der Waals surface area contributed by atoms with Crippen LogP contribution in [0.4, 0.5) is 0 Å². The highest BCUT2D eigenvalue weighted by atomic mass is 16.4. The molecule has 0 aliphatic rings. The second-order valence-corrected chi connectivity index (χ2v) is 3.64. The summed E-state index contributed by atoms with van der Waals surface area (Å²) < 4.78 is 4.92. The molecule has 18 heavy (non-hydrogen) atoms. The van der Waals surface area contributed by atoms with Gasteiger partial charge in [-0.25, -0.2) is 0 Å². The summed E-state index contributed by atoms with van der Waals surface area (Å²) in [5.74, 6) is -1.93. The minimum absolute atomic E-state index is 0.0594. The summed E-state index contributed by atoms with van der Waals surface area (Å²) >= 11 is 0. The first-order valence-corrected chi connectivity index (χ1v) is 5.26. The van der Waals surface area contributed by atoms with Gasteiger partial charge < -0.3 is 20.2 Å². The molecule has 0 saturated heterocycles. The van der Waals surface area contributed by atoms with E-state index >= 15 is 0 Å². The summed E-state index contributed by atoms with van der Waals surface area (Å²) in [7, 11) is 1.46. The van der Waals surface area contributed by atoms with Crippen LogP contribution in [-0.4, -0.2) is 36.0 Å². The van der Waals surface area contributed by atoms with Gasteiger partial charge >= 0.3 is 5.97 Å². The normalized spacial score (nSPS) is 11.7. The first-order chi connectivity index (χ1) is 8.45. The fourth-order valence-electron chi connectivity index (χ4n) is 1.37. The van der Waals surface area contributed by atoms with Crippen LogP contribution in [-0.2, 0) is 16.0 Å². The Morgan fingerprint density at radius 2 is 2.11 bits per heavy atom. The van der Waals surface area contributed by atoms with Gasteiger partial charge in [0.25, 0.3) is 5.91 Å². The Hall–Kier alpha value is -2.31. The first kappa shape index (κ1) is 13.8. The molecule has 7 heteroatoms. The second kappa shape index (κ2) is 5.85. The highest BCUT2D eigenvalue weighted by Crippen LogP contribution is 2.11. The monoisotopic (exact) mass is 254 g/mol. The molecule has 0 aliphatic carbocycles. The topological polar surface area (TPSA) is 109 Å². The van der Waals surface area contributed by atoms with Gasteiger partial charge in [0.15, 0.2) is 0 Å². The van der Waals surface area contributed by atoms with Gasteiger partial charge in [0.2, 0.25) is 5.91 Å². The quantitative estimate of drug-likeness (QED) is 0.672. The number of carbonyl (C=O) groups is 3. The van der Waals surface area contributed by atoms with E-state index in [0.29, 0.717) is 0 Å². The van der Waals surface area contributed by atoms with E-state index in [9.17, 15) is 14.4 Å². The fourth-order valence-corrected chi connectivity index (χ4v) is 1.37. The smallest absolute Gasteiger partial charge is 0.311 e. The van der Waals surface area contributed by atoms with Crippen LogP contribution in [0.5, 0.6) is 0 Å². The number of carbonyl (C=O) groups excluding carboxylic acids is 2. The number of nitrogens with one attached hydrogen (secondary N) is 2. The van der Waals surface area contributed by atoms with Crippen LogP contribution in [0.3, 0.4) is 0 Å². The van der Waals surface area contributed by atoms with Crippen LogP contribution in [0.15, 0.2) is 16.7 Å². The Kier molecular flexibility index (Phi) is 4.47. The molecule has 98 valence electrons. The molecule has 2 amide bonds. The molecule has 0 saturated carbocycles. The van der Waals surface area contributed by atoms with Crippen molar-refractivity contribution in [2.24, 2.45) is 0 Å². The van der Waals surface area contributed by atoms with Gasteiger partial charge in [0.1, 0.15) is 18.2 Å². The van der Waals surface area contributed by atoms with Crippen molar-refractivity contribution in [3.63, 3.8) is 0 Å². The van der Waals surface area contributed by atoms with E-state index in [-0.39, 0.29) is 23.7 Å². The fraction of sp³-hybridized carbons (Fsp3) is 0.364. The number of likely N-dealkylation sites (N-methyl/N-ethyl adjacent to an activating group) is 1. The molecule has 1 aromatic heterocycles. The molecule has 7 nitrogen and oxygen atoms in total. The zero-order valence-electron chi connectivity index (χ0n) is 10.0. The molecule has 1 atom stereocenters. The van der Waals surface area contributed by atoms with E-state index in [2.05, 4.69) is 10.6 Å². The highest BCUT2D eigenvalue weighted by Gasteiger charge is 2.20. The Labute approximate surface area is 103 Å². The Morgan fingerprint density at radius 1 is 1.44 bits per heavy atom. The van der Waals surface area contributed by atoms with Crippen molar-refractivity contribution in [3.8, 4) is 0 Å². The molecule has 0 radical (unpaired) electrons. The van der Waals surface area contributed by atoms with Crippen LogP contribution in [0.2, 0.25) is 0 Å². The summed E-state index contributed by atoms with van der Waals surface area (Å²) in [6.07, 6.45) is 0.849. The predicted octanol–water partition coefficient (Wildman–Crippen LogP) is -0.229. The van der Waals surface area contributed by atoms with Crippen LogP contribution < -0.4 is 10.6 Å². The summed E-state index contributed by atoms with van der Waals surface area (Å²) in [4.78, 5) is 33.6. The maximum Gasteiger partial charge on any atom is 0.311 e. The Morgan fingerprint density at radius 3 is 2.67 bits per heavy atom. The molecule has 0 spiro atoms. The molecule has 0 bridgehead atoms. The molecule has 0 aliphatic heterocycles. The van der Waals surface area contributed by atoms with Gasteiger partial charge in [-0.15, -0.1) is 0 Å². The van der Waals surface area contributed by atoms with E-state index in [1.165, 1.54) is 26.3 Å². The molecule has 1 rings (SSSR count). The summed E-state index contributed by atoms with van der Waals surface area (Å²) in [6, 6.07) is 0.652. The summed E-state index contributed by atoms with van der Waals surface area (Å²) in [5.41, 5.74) is 0.119. The Bertz CT molecular complexity index is 466. The van der Waals surface area contributed by atoms with Crippen molar-refractivity contribution in [1.29, 1.82) is 0 Å². The third-order valence-corrected chi connectivity index (χ3v) is 2.29. The number of rotatable bonds is 5. The van der Waals surface area contributed by atoms with Crippen molar-refractivity contribution in [3.05, 3.63) is 23.7 Å². The first-order valence-electron chi connectivity index (χ1n) is 5.26. The van der Waals surface area contributed by atoms with Gasteiger partial charge in [-0.3, -0.25) is 14.4 Å². The van der Waals surface area contributed by atoms with Crippen molar-refractivity contribution in [2.75, 3.05) is 7.05 Å². The minimum atomic E-state index is -1.10. The largest absolute Gasteiger partial charge is 0.481 e. The lowest BCUT2D eigenvalue weighted by molar-refractivity contribution is -0.136. The molecular formula is C11H14N2O5. The van der Waals surface area contributed by atoms with Crippen LogP contribution in [0.25, 0.3) is 0 Å². The van der Waals surface area contributed by atoms with Crippen molar-refractivity contribution in [1.82, 2.24) is 10.6 Å². The predicted molar refractivity (Wildman–Crippen MR) is 61.0 cm³/mol. The minimum Gasteiger partial charge on any atom is -0.481 e. The zero-order valence-corrected chi connectivity index (χ0v) is 10.0. The van der Waals surface area contributed by atoms with Gasteiger partial charge in [0, 0.05) is 7.05 Å². The van der Waals surface area contributed by atoms with Crippen molar-refractivity contribution < 1.29 is 23.9 Å². The maximum atomic E-state index is 11.8. The van der Waals surface area contributed by atoms with Crippen LogP contribution in [0.1, 0.15) is 23.0 Å². The van der Waals surface area contributed by atoms with E-state index < -0.39 is 17.9 Å². The summed E-state index contributed by atoms with van der Waals surface area (Å²) in [6.45, 7) is 1.52. The molecule has 1 heterocycles. The SMILES string of the molecule is CNC(=O)C(C)NC(=O)c1ccoc1CC(=O)O. The van der Waals surface area contributed by atoms with E-state index in [0.717, 1.165) is 0 Å². The lowest BCUT2D eigenvalue weighted by Gasteiger charge is -2.11. The lowest BCUT2D eigenvalue weighted by atomic mass is 10.2. The van der Waals surface area contributed by atoms with E-state index in [4.69, 9.17) is 9.52 Å². The number of carboxylic acid groups (broad SMARTS) is 1. The molecule has 0 aromatic carbocycles. The molecule has 1 aromatic rings. The standard InChI is InChI=1S/C11H14N2O5/c1-6(10(16)12-2)13-11(17)7-3-4-18-8(7)5-9(14)15/h3-4,6H,5H2,1-2H3,(H,12,16)(H,13,17)(H,14,15).